The lowest BCUT2D eigenvalue weighted by molar-refractivity contribution is -0.138. The topological polar surface area (TPSA) is 49.4 Å². The summed E-state index contributed by atoms with van der Waals surface area (Å²) < 4.78 is 14.0. The van der Waals surface area contributed by atoms with Gasteiger partial charge in [-0.25, -0.2) is 4.39 Å². The molecule has 1 N–H and O–H groups in total. The van der Waals surface area contributed by atoms with Gasteiger partial charge in [0.2, 0.25) is 11.8 Å². The van der Waals surface area contributed by atoms with E-state index in [1.165, 1.54) is 17.8 Å². The van der Waals surface area contributed by atoms with Crippen molar-refractivity contribution in [2.24, 2.45) is 0 Å². The van der Waals surface area contributed by atoms with Gasteiger partial charge in [-0.2, -0.15) is 0 Å². The molecule has 0 aromatic heterocycles. The fraction of sp³-hybridized carbons (Fsp3) is 0.440. The maximum Gasteiger partial charge on any atom is 0.242 e. The second kappa shape index (κ2) is 14.2. The molecule has 4 nitrogen and oxygen atoms in total. The molecule has 0 aliphatic rings. The molecule has 2 amide bonds. The van der Waals surface area contributed by atoms with Gasteiger partial charge in [0, 0.05) is 29.4 Å². The predicted molar refractivity (Wildman–Crippen MR) is 131 cm³/mol. The number of hydrogen-bond acceptors (Lipinski definition) is 3. The van der Waals surface area contributed by atoms with Crippen molar-refractivity contribution in [3.63, 3.8) is 0 Å². The molecule has 7 heteroatoms. The standard InChI is InChI=1S/C25H32ClFN2O2S/c1-3-5-15-28-25(31)23(4-2)29(16-14-19-10-7-6-8-11-19)24(30)18-32-17-20-21(26)12-9-13-22(20)27/h6-13,23H,3-5,14-18H2,1-2H3,(H,28,31)/t23-/m0/s1. The quantitative estimate of drug-likeness (QED) is 0.388. The Kier molecular flexibility index (Phi) is 11.6. The van der Waals surface area contributed by atoms with Crippen LogP contribution in [0.4, 0.5) is 4.39 Å². The van der Waals surface area contributed by atoms with Crippen LogP contribution in [0.5, 0.6) is 0 Å². The lowest BCUT2D eigenvalue weighted by Crippen LogP contribution is -2.50. The lowest BCUT2D eigenvalue weighted by atomic mass is 10.1. The molecule has 1 atom stereocenters. The lowest BCUT2D eigenvalue weighted by Gasteiger charge is -2.30. The third-order valence-corrected chi connectivity index (χ3v) is 6.53. The first kappa shape index (κ1) is 26.2. The highest BCUT2D eigenvalue weighted by Gasteiger charge is 2.28. The second-order valence-electron chi connectivity index (χ2n) is 7.58. The first-order chi connectivity index (χ1) is 15.5. The SMILES string of the molecule is CCCCNC(=O)[C@H](CC)N(CCc1ccccc1)C(=O)CSCc1c(F)cccc1Cl. The van der Waals surface area contributed by atoms with Crippen molar-refractivity contribution in [1.29, 1.82) is 0 Å². The fourth-order valence-electron chi connectivity index (χ4n) is 3.40. The molecule has 0 heterocycles. The predicted octanol–water partition coefficient (Wildman–Crippen LogP) is 5.48. The van der Waals surface area contributed by atoms with Gasteiger partial charge in [0.1, 0.15) is 11.9 Å². The second-order valence-corrected chi connectivity index (χ2v) is 8.98. The van der Waals surface area contributed by atoms with E-state index in [9.17, 15) is 14.0 Å². The average molecular weight is 479 g/mol. The normalized spacial score (nSPS) is 11.8. The summed E-state index contributed by atoms with van der Waals surface area (Å²) in [6, 6.07) is 13.9. The summed E-state index contributed by atoms with van der Waals surface area (Å²) in [6.07, 6.45) is 3.08. The van der Waals surface area contributed by atoms with Crippen molar-refractivity contribution in [2.45, 2.75) is 51.3 Å². The minimum Gasteiger partial charge on any atom is -0.354 e. The minimum absolute atomic E-state index is 0.121. The van der Waals surface area contributed by atoms with E-state index in [4.69, 9.17) is 11.6 Å². The van der Waals surface area contributed by atoms with Crippen molar-refractivity contribution in [3.8, 4) is 0 Å². The van der Waals surface area contributed by atoms with Gasteiger partial charge in [-0.3, -0.25) is 9.59 Å². The molecular formula is C25H32ClFN2O2S. The van der Waals surface area contributed by atoms with Gasteiger partial charge in [0.25, 0.3) is 0 Å². The van der Waals surface area contributed by atoms with E-state index in [2.05, 4.69) is 12.2 Å². The van der Waals surface area contributed by atoms with Crippen LogP contribution in [0.1, 0.15) is 44.2 Å². The molecule has 0 fully saturated rings. The number of amides is 2. The molecule has 0 bridgehead atoms. The van der Waals surface area contributed by atoms with Gasteiger partial charge in [-0.05, 0) is 37.0 Å². The zero-order valence-corrected chi connectivity index (χ0v) is 20.4. The Labute approximate surface area is 199 Å². The number of nitrogens with one attached hydrogen (secondary N) is 1. The third kappa shape index (κ3) is 8.14. The van der Waals surface area contributed by atoms with Gasteiger partial charge < -0.3 is 10.2 Å². The van der Waals surface area contributed by atoms with Gasteiger partial charge in [-0.1, -0.05) is 68.3 Å². The summed E-state index contributed by atoms with van der Waals surface area (Å²) in [7, 11) is 0. The molecular weight excluding hydrogens is 447 g/mol. The first-order valence-electron chi connectivity index (χ1n) is 11.1. The van der Waals surface area contributed by atoms with Crippen LogP contribution >= 0.6 is 23.4 Å². The van der Waals surface area contributed by atoms with Crippen LogP contribution in [0.15, 0.2) is 48.5 Å². The Bertz CT molecular complexity index is 846. The molecule has 0 radical (unpaired) electrons. The molecule has 32 heavy (non-hydrogen) atoms. The maximum absolute atomic E-state index is 14.0. The van der Waals surface area contributed by atoms with Crippen LogP contribution in [-0.4, -0.2) is 41.6 Å². The maximum atomic E-state index is 14.0. The van der Waals surface area contributed by atoms with E-state index < -0.39 is 6.04 Å². The van der Waals surface area contributed by atoms with Crippen molar-refractivity contribution in [1.82, 2.24) is 10.2 Å². The molecule has 0 aliphatic carbocycles. The number of rotatable bonds is 13. The van der Waals surface area contributed by atoms with Crippen molar-refractivity contribution >= 4 is 35.2 Å². The Balaban J connectivity index is 2.07. The van der Waals surface area contributed by atoms with Gasteiger partial charge in [-0.15, -0.1) is 11.8 Å². The van der Waals surface area contributed by atoms with E-state index in [1.807, 2.05) is 37.3 Å². The van der Waals surface area contributed by atoms with Gasteiger partial charge in [0.05, 0.1) is 5.75 Å². The Morgan fingerprint density at radius 1 is 1.12 bits per heavy atom. The van der Waals surface area contributed by atoms with Crippen LogP contribution in [0.3, 0.4) is 0 Å². The zero-order chi connectivity index (χ0) is 23.3. The minimum atomic E-state index is -0.527. The van der Waals surface area contributed by atoms with Crippen molar-refractivity contribution < 1.29 is 14.0 Å². The van der Waals surface area contributed by atoms with Crippen LogP contribution in [0.25, 0.3) is 0 Å². The summed E-state index contributed by atoms with van der Waals surface area (Å²) >= 11 is 7.40. The van der Waals surface area contributed by atoms with Crippen LogP contribution in [0.2, 0.25) is 5.02 Å². The van der Waals surface area contributed by atoms with Crippen molar-refractivity contribution in [2.75, 3.05) is 18.8 Å². The van der Waals surface area contributed by atoms with Gasteiger partial charge in [0.15, 0.2) is 0 Å². The molecule has 0 unspecified atom stereocenters. The van der Waals surface area contributed by atoms with Crippen LogP contribution < -0.4 is 5.32 Å². The summed E-state index contributed by atoms with van der Waals surface area (Å²) in [4.78, 5) is 27.6. The molecule has 2 aromatic carbocycles. The summed E-state index contributed by atoms with van der Waals surface area (Å²) in [6.45, 7) is 5.04. The number of thioether (sulfide) groups is 1. The highest BCUT2D eigenvalue weighted by molar-refractivity contribution is 7.99. The Morgan fingerprint density at radius 2 is 1.88 bits per heavy atom. The number of halogens is 2. The van der Waals surface area contributed by atoms with Crippen molar-refractivity contribution in [3.05, 3.63) is 70.5 Å². The van der Waals surface area contributed by atoms with Crippen LogP contribution in [-0.2, 0) is 21.8 Å². The first-order valence-corrected chi connectivity index (χ1v) is 12.6. The molecule has 174 valence electrons. The number of hydrogen-bond donors (Lipinski definition) is 1. The monoisotopic (exact) mass is 478 g/mol. The number of unbranched alkanes of at least 4 members (excludes halogenated alkanes) is 1. The number of carbonyl (C=O) groups excluding carboxylic acids is 2. The van der Waals surface area contributed by atoms with Crippen LogP contribution in [0, 0.1) is 5.82 Å². The summed E-state index contributed by atoms with van der Waals surface area (Å²) in [5.41, 5.74) is 1.50. The summed E-state index contributed by atoms with van der Waals surface area (Å²) in [5, 5.41) is 3.31. The Morgan fingerprint density at radius 3 is 2.53 bits per heavy atom. The zero-order valence-electron chi connectivity index (χ0n) is 18.8. The van der Waals surface area contributed by atoms with E-state index in [0.29, 0.717) is 42.3 Å². The smallest absolute Gasteiger partial charge is 0.242 e. The molecule has 0 spiro atoms. The molecule has 2 aromatic rings. The molecule has 0 aliphatic heterocycles. The number of benzene rings is 2. The van der Waals surface area contributed by atoms with E-state index in [1.54, 1.807) is 17.0 Å². The average Bonchev–Trinajstić information content (AvgIpc) is 2.79. The van der Waals surface area contributed by atoms with E-state index >= 15 is 0 Å². The molecule has 0 saturated heterocycles. The van der Waals surface area contributed by atoms with E-state index in [0.717, 1.165) is 18.4 Å². The highest BCUT2D eigenvalue weighted by Crippen LogP contribution is 2.24. The number of carbonyl (C=O) groups is 2. The largest absolute Gasteiger partial charge is 0.354 e. The third-order valence-electron chi connectivity index (χ3n) is 5.23. The van der Waals surface area contributed by atoms with Gasteiger partial charge >= 0.3 is 0 Å². The fourth-order valence-corrected chi connectivity index (χ4v) is 4.64. The summed E-state index contributed by atoms with van der Waals surface area (Å²) in [5.74, 6) is -0.179. The van der Waals surface area contributed by atoms with E-state index in [-0.39, 0.29) is 23.4 Å². The number of nitrogens with zero attached hydrogens (tertiary/aromatic N) is 1. The highest BCUT2D eigenvalue weighted by atomic mass is 35.5. The Hall–Kier alpha value is -2.05. The molecule has 2 rings (SSSR count). The molecule has 0 saturated carbocycles.